The Bertz CT molecular complexity index is 754. The zero-order chi connectivity index (χ0) is 17.8. The van der Waals surface area contributed by atoms with Gasteiger partial charge in [0.25, 0.3) is 5.91 Å². The van der Waals surface area contributed by atoms with Crippen molar-refractivity contribution in [2.24, 2.45) is 5.92 Å². The Labute approximate surface area is 146 Å². The van der Waals surface area contributed by atoms with Crippen LogP contribution in [0.25, 0.3) is 11.5 Å². The van der Waals surface area contributed by atoms with Crippen molar-refractivity contribution >= 4 is 11.9 Å². The Hall–Kier alpha value is -2.63. The van der Waals surface area contributed by atoms with Gasteiger partial charge < -0.3 is 14.1 Å². The van der Waals surface area contributed by atoms with E-state index in [4.69, 9.17) is 9.15 Å². The van der Waals surface area contributed by atoms with E-state index < -0.39 is 5.97 Å². The fraction of sp³-hybridized carbons (Fsp3) is 0.421. The van der Waals surface area contributed by atoms with Crippen LogP contribution in [0.5, 0.6) is 0 Å². The van der Waals surface area contributed by atoms with Crippen LogP contribution in [0, 0.1) is 12.8 Å². The molecule has 0 spiro atoms. The molecule has 1 aliphatic heterocycles. The van der Waals surface area contributed by atoms with Crippen LogP contribution in [0.2, 0.25) is 0 Å². The number of esters is 1. The Balaban J connectivity index is 1.62. The number of carbonyl (C=O) groups excluding carboxylic acids is 2. The quantitative estimate of drug-likeness (QED) is 0.799. The van der Waals surface area contributed by atoms with Gasteiger partial charge in [0.05, 0.1) is 0 Å². The first-order valence-electron chi connectivity index (χ1n) is 8.52. The lowest BCUT2D eigenvalue weighted by molar-refractivity contribution is -0.136. The molecule has 132 valence electrons. The predicted octanol–water partition coefficient (Wildman–Crippen LogP) is 3.07. The van der Waals surface area contributed by atoms with Gasteiger partial charge in [-0.1, -0.05) is 25.1 Å². The van der Waals surface area contributed by atoms with Crippen molar-refractivity contribution in [3.63, 3.8) is 0 Å². The summed E-state index contributed by atoms with van der Waals surface area (Å²) in [6, 6.07) is 9.32. The molecule has 0 N–H and O–H groups in total. The maximum atomic E-state index is 12.2. The number of nitrogens with zero attached hydrogens (tertiary/aromatic N) is 2. The normalized spacial score (nSPS) is 17.4. The summed E-state index contributed by atoms with van der Waals surface area (Å²) in [6.07, 6.45) is 2.12. The third-order valence-corrected chi connectivity index (χ3v) is 4.35. The molecule has 1 aromatic carbocycles. The van der Waals surface area contributed by atoms with Crippen molar-refractivity contribution in [1.29, 1.82) is 0 Å². The van der Waals surface area contributed by atoms with Gasteiger partial charge in [0, 0.05) is 18.7 Å². The number of benzene rings is 1. The molecule has 6 heteroatoms. The molecule has 0 aliphatic carbocycles. The molecule has 0 unspecified atom stereocenters. The van der Waals surface area contributed by atoms with E-state index in [2.05, 4.69) is 11.9 Å². The van der Waals surface area contributed by atoms with Crippen LogP contribution in [0.3, 0.4) is 0 Å². The van der Waals surface area contributed by atoms with E-state index in [0.29, 0.717) is 17.6 Å². The van der Waals surface area contributed by atoms with Gasteiger partial charge in [0.15, 0.2) is 12.3 Å². The van der Waals surface area contributed by atoms with E-state index in [0.717, 1.165) is 31.5 Å². The van der Waals surface area contributed by atoms with E-state index in [-0.39, 0.29) is 18.2 Å². The number of aryl methyl sites for hydroxylation is 1. The summed E-state index contributed by atoms with van der Waals surface area (Å²) in [5, 5.41) is 0. The third-order valence-electron chi connectivity index (χ3n) is 4.35. The standard InChI is InChI=1S/C19H22N2O4/c1-13-7-6-10-21(11-13)16(22)12-24-19(23)17-14(2)25-18(20-17)15-8-4-3-5-9-15/h3-5,8-9,13H,6-7,10-12H2,1-2H3/t13-/m1/s1. The molecule has 25 heavy (non-hydrogen) atoms. The molecule has 1 saturated heterocycles. The molecule has 2 heterocycles. The van der Waals surface area contributed by atoms with Gasteiger partial charge in [0.2, 0.25) is 5.89 Å². The summed E-state index contributed by atoms with van der Waals surface area (Å²) in [6.45, 7) is 4.96. The highest BCUT2D eigenvalue weighted by atomic mass is 16.5. The van der Waals surface area contributed by atoms with Gasteiger partial charge in [-0.25, -0.2) is 9.78 Å². The van der Waals surface area contributed by atoms with E-state index in [9.17, 15) is 9.59 Å². The van der Waals surface area contributed by atoms with Crippen LogP contribution >= 0.6 is 0 Å². The summed E-state index contributed by atoms with van der Waals surface area (Å²) < 4.78 is 10.7. The van der Waals surface area contributed by atoms with Crippen LogP contribution in [-0.4, -0.2) is 41.5 Å². The van der Waals surface area contributed by atoms with Gasteiger partial charge in [-0.15, -0.1) is 0 Å². The first-order chi connectivity index (χ1) is 12.0. The Morgan fingerprint density at radius 3 is 2.80 bits per heavy atom. The molecule has 1 aromatic heterocycles. The van der Waals surface area contributed by atoms with Gasteiger partial charge in [-0.3, -0.25) is 4.79 Å². The number of aromatic nitrogens is 1. The molecular weight excluding hydrogens is 320 g/mol. The second kappa shape index (κ2) is 7.51. The molecule has 1 aliphatic rings. The van der Waals surface area contributed by atoms with Crippen molar-refractivity contribution in [3.05, 3.63) is 41.8 Å². The fourth-order valence-electron chi connectivity index (χ4n) is 2.99. The van der Waals surface area contributed by atoms with Crippen LogP contribution in [-0.2, 0) is 9.53 Å². The molecule has 0 bridgehead atoms. The average Bonchev–Trinajstić information content (AvgIpc) is 3.02. The largest absolute Gasteiger partial charge is 0.451 e. The molecule has 3 rings (SSSR count). The van der Waals surface area contributed by atoms with Crippen LogP contribution < -0.4 is 0 Å². The van der Waals surface area contributed by atoms with E-state index >= 15 is 0 Å². The van der Waals surface area contributed by atoms with Gasteiger partial charge in [-0.2, -0.15) is 0 Å². The summed E-state index contributed by atoms with van der Waals surface area (Å²) in [4.78, 5) is 30.4. The maximum Gasteiger partial charge on any atom is 0.361 e. The molecule has 1 atom stereocenters. The highest BCUT2D eigenvalue weighted by Crippen LogP contribution is 2.22. The number of ether oxygens (including phenoxy) is 1. The number of rotatable bonds is 4. The second-order valence-electron chi connectivity index (χ2n) is 6.45. The number of piperidine rings is 1. The maximum absolute atomic E-state index is 12.2. The van der Waals surface area contributed by atoms with E-state index in [1.54, 1.807) is 11.8 Å². The average molecular weight is 342 g/mol. The Morgan fingerprint density at radius 1 is 1.32 bits per heavy atom. The lowest BCUT2D eigenvalue weighted by atomic mass is 10.0. The van der Waals surface area contributed by atoms with Crippen molar-refractivity contribution in [1.82, 2.24) is 9.88 Å². The van der Waals surface area contributed by atoms with Crippen molar-refractivity contribution in [3.8, 4) is 11.5 Å². The number of hydrogen-bond donors (Lipinski definition) is 0. The first-order valence-corrected chi connectivity index (χ1v) is 8.52. The van der Waals surface area contributed by atoms with Crippen LogP contribution in [0.1, 0.15) is 36.0 Å². The topological polar surface area (TPSA) is 72.6 Å². The summed E-state index contributed by atoms with van der Waals surface area (Å²) >= 11 is 0. The first kappa shape index (κ1) is 17.2. The Kier molecular flexibility index (Phi) is 5.16. The molecule has 6 nitrogen and oxygen atoms in total. The lowest BCUT2D eigenvalue weighted by Gasteiger charge is -2.30. The third kappa shape index (κ3) is 4.07. The summed E-state index contributed by atoms with van der Waals surface area (Å²) in [5.41, 5.74) is 0.890. The molecule has 0 radical (unpaired) electrons. The van der Waals surface area contributed by atoms with E-state index in [1.165, 1.54) is 0 Å². The number of hydrogen-bond acceptors (Lipinski definition) is 5. The fourth-order valence-corrected chi connectivity index (χ4v) is 2.99. The monoisotopic (exact) mass is 342 g/mol. The zero-order valence-corrected chi connectivity index (χ0v) is 14.5. The zero-order valence-electron chi connectivity index (χ0n) is 14.5. The summed E-state index contributed by atoms with van der Waals surface area (Å²) in [5.74, 6) is 0.426. The smallest absolute Gasteiger partial charge is 0.361 e. The molecular formula is C19H22N2O4. The molecule has 1 amide bonds. The van der Waals surface area contributed by atoms with Crippen molar-refractivity contribution in [2.75, 3.05) is 19.7 Å². The van der Waals surface area contributed by atoms with Crippen molar-refractivity contribution < 1.29 is 18.7 Å². The number of oxazole rings is 1. The number of likely N-dealkylation sites (tertiary alicyclic amines) is 1. The van der Waals surface area contributed by atoms with Gasteiger partial charge >= 0.3 is 5.97 Å². The number of carbonyl (C=O) groups is 2. The molecule has 0 saturated carbocycles. The number of amides is 1. The molecule has 1 fully saturated rings. The summed E-state index contributed by atoms with van der Waals surface area (Å²) in [7, 11) is 0. The molecule has 2 aromatic rings. The minimum atomic E-state index is -0.637. The minimum Gasteiger partial charge on any atom is -0.451 e. The SMILES string of the molecule is Cc1oc(-c2ccccc2)nc1C(=O)OCC(=O)N1CCC[C@@H](C)C1. The van der Waals surface area contributed by atoms with E-state index in [1.807, 2.05) is 30.3 Å². The van der Waals surface area contributed by atoms with Crippen LogP contribution in [0.15, 0.2) is 34.7 Å². The second-order valence-corrected chi connectivity index (χ2v) is 6.45. The Morgan fingerprint density at radius 2 is 2.08 bits per heavy atom. The highest BCUT2D eigenvalue weighted by molar-refractivity contribution is 5.91. The van der Waals surface area contributed by atoms with Gasteiger partial charge in [-0.05, 0) is 37.8 Å². The van der Waals surface area contributed by atoms with Gasteiger partial charge in [0.1, 0.15) is 5.76 Å². The minimum absolute atomic E-state index is 0.110. The van der Waals surface area contributed by atoms with Crippen molar-refractivity contribution in [2.45, 2.75) is 26.7 Å². The highest BCUT2D eigenvalue weighted by Gasteiger charge is 2.24. The predicted molar refractivity (Wildman–Crippen MR) is 91.9 cm³/mol. The lowest BCUT2D eigenvalue weighted by Crippen LogP contribution is -2.41. The van der Waals surface area contributed by atoms with Crippen LogP contribution in [0.4, 0.5) is 0 Å².